The lowest BCUT2D eigenvalue weighted by Gasteiger charge is -2.17. The molecule has 0 aromatic carbocycles. The predicted octanol–water partition coefficient (Wildman–Crippen LogP) is 2.52. The normalized spacial score (nSPS) is 12.8. The molecule has 1 amide bonds. The summed E-state index contributed by atoms with van der Waals surface area (Å²) in [5.41, 5.74) is 0.621. The van der Waals surface area contributed by atoms with Crippen LogP contribution in [0.25, 0.3) is 0 Å². The van der Waals surface area contributed by atoms with Crippen LogP contribution in [0.4, 0.5) is 0 Å². The van der Waals surface area contributed by atoms with E-state index >= 15 is 0 Å². The maximum Gasteiger partial charge on any atom is 0.289 e. The van der Waals surface area contributed by atoms with Gasteiger partial charge in [0.15, 0.2) is 6.39 Å². The molecule has 1 aromatic rings. The van der Waals surface area contributed by atoms with E-state index in [9.17, 15) is 4.79 Å². The molecule has 1 heterocycles. The van der Waals surface area contributed by atoms with Crippen LogP contribution in [0.5, 0.6) is 0 Å². The Balaban J connectivity index is 2.59. The highest BCUT2D eigenvalue weighted by Gasteiger charge is 2.18. The first-order chi connectivity index (χ1) is 7.54. The predicted molar refractivity (Wildman–Crippen MR) is 65.7 cm³/mol. The van der Waals surface area contributed by atoms with Crippen molar-refractivity contribution in [2.45, 2.75) is 33.2 Å². The van der Waals surface area contributed by atoms with Crippen LogP contribution in [0.2, 0.25) is 0 Å². The fraction of sp³-hybridized carbons (Fsp3) is 0.636. The zero-order valence-electron chi connectivity index (χ0n) is 9.79. The van der Waals surface area contributed by atoms with Crippen molar-refractivity contribution < 1.29 is 9.21 Å². The molecule has 1 N–H and O–H groups in total. The average Bonchev–Trinajstić information content (AvgIpc) is 2.62. The Hall–Kier alpha value is -0.840. The van der Waals surface area contributed by atoms with Gasteiger partial charge in [0.25, 0.3) is 5.91 Å². The first-order valence-corrected chi connectivity index (χ1v) is 6.43. The number of rotatable bonds is 5. The molecule has 0 saturated heterocycles. The maximum atomic E-state index is 11.8. The lowest BCUT2D eigenvalue weighted by atomic mass is 10.1. The lowest BCUT2D eigenvalue weighted by Crippen LogP contribution is -2.37. The van der Waals surface area contributed by atoms with E-state index in [1.807, 2.05) is 0 Å². The van der Waals surface area contributed by atoms with Crippen molar-refractivity contribution >= 4 is 21.8 Å². The van der Waals surface area contributed by atoms with Gasteiger partial charge in [0.2, 0.25) is 5.76 Å². The number of hydrogen-bond acceptors (Lipinski definition) is 3. The zero-order chi connectivity index (χ0) is 12.1. The molecule has 0 radical (unpaired) electrons. The number of oxazole rings is 1. The van der Waals surface area contributed by atoms with Crippen molar-refractivity contribution in [1.82, 2.24) is 10.3 Å². The molecule has 0 bridgehead atoms. The Kier molecular flexibility index (Phi) is 4.99. The van der Waals surface area contributed by atoms with Gasteiger partial charge in [-0.05, 0) is 19.3 Å². The van der Waals surface area contributed by atoms with Gasteiger partial charge < -0.3 is 9.73 Å². The molecule has 1 aromatic heterocycles. The van der Waals surface area contributed by atoms with Gasteiger partial charge in [-0.3, -0.25) is 4.79 Å². The summed E-state index contributed by atoms with van der Waals surface area (Å²) in [6, 6.07) is 0.122. The van der Waals surface area contributed by atoms with Crippen molar-refractivity contribution in [2.24, 2.45) is 5.92 Å². The number of carbonyl (C=O) groups excluding carboxylic acids is 1. The number of alkyl halides is 1. The average molecular weight is 289 g/mol. The summed E-state index contributed by atoms with van der Waals surface area (Å²) >= 11 is 3.39. The number of aromatic nitrogens is 1. The molecule has 5 heteroatoms. The molecule has 4 nitrogen and oxygen atoms in total. The monoisotopic (exact) mass is 288 g/mol. The van der Waals surface area contributed by atoms with Crippen molar-refractivity contribution in [3.8, 4) is 0 Å². The summed E-state index contributed by atoms with van der Waals surface area (Å²) in [6.45, 7) is 6.01. The Morgan fingerprint density at radius 3 is 2.75 bits per heavy atom. The molecule has 90 valence electrons. The number of aryl methyl sites for hydroxylation is 1. The van der Waals surface area contributed by atoms with E-state index in [0.717, 1.165) is 11.8 Å². The molecule has 0 aliphatic carbocycles. The Morgan fingerprint density at radius 2 is 2.31 bits per heavy atom. The lowest BCUT2D eigenvalue weighted by molar-refractivity contribution is 0.0908. The van der Waals surface area contributed by atoms with Crippen molar-refractivity contribution in [3.05, 3.63) is 17.8 Å². The first kappa shape index (κ1) is 13.2. The number of nitrogens with one attached hydrogen (secondary N) is 1. The van der Waals surface area contributed by atoms with Gasteiger partial charge >= 0.3 is 0 Å². The van der Waals surface area contributed by atoms with E-state index in [1.54, 1.807) is 6.92 Å². The Labute approximate surface area is 104 Å². The third-order valence-electron chi connectivity index (χ3n) is 2.23. The first-order valence-electron chi connectivity index (χ1n) is 5.31. The van der Waals surface area contributed by atoms with Crippen LogP contribution in [0.3, 0.4) is 0 Å². The number of halogens is 1. The number of nitrogens with zero attached hydrogens (tertiary/aromatic N) is 1. The van der Waals surface area contributed by atoms with Crippen LogP contribution in [0.15, 0.2) is 10.8 Å². The van der Waals surface area contributed by atoms with Crippen molar-refractivity contribution in [3.63, 3.8) is 0 Å². The summed E-state index contributed by atoms with van der Waals surface area (Å²) < 4.78 is 5.04. The van der Waals surface area contributed by atoms with E-state index in [0.29, 0.717) is 17.4 Å². The number of hydrogen-bond donors (Lipinski definition) is 1. The molecule has 1 rings (SSSR count). The molecule has 0 aliphatic rings. The quantitative estimate of drug-likeness (QED) is 0.847. The standard InChI is InChI=1S/C11H17BrN2O2/c1-7(2)4-9(5-12)14-11(15)10-8(3)13-6-16-10/h6-7,9H,4-5H2,1-3H3,(H,14,15). The number of carbonyl (C=O) groups is 1. The summed E-state index contributed by atoms with van der Waals surface area (Å²) in [5, 5.41) is 3.66. The third kappa shape index (κ3) is 3.63. The summed E-state index contributed by atoms with van der Waals surface area (Å²) in [6.07, 6.45) is 2.22. The van der Waals surface area contributed by atoms with Gasteiger partial charge in [-0.25, -0.2) is 4.98 Å². The fourth-order valence-electron chi connectivity index (χ4n) is 1.50. The zero-order valence-corrected chi connectivity index (χ0v) is 11.4. The second-order valence-electron chi connectivity index (χ2n) is 4.22. The highest BCUT2D eigenvalue weighted by molar-refractivity contribution is 9.09. The minimum Gasteiger partial charge on any atom is -0.438 e. The second-order valence-corrected chi connectivity index (χ2v) is 4.87. The summed E-state index contributed by atoms with van der Waals surface area (Å²) in [4.78, 5) is 15.7. The van der Waals surface area contributed by atoms with Gasteiger partial charge in [-0.2, -0.15) is 0 Å². The van der Waals surface area contributed by atoms with Crippen LogP contribution in [0.1, 0.15) is 36.5 Å². The van der Waals surface area contributed by atoms with Gasteiger partial charge in [0.05, 0.1) is 5.69 Å². The summed E-state index contributed by atoms with van der Waals surface area (Å²) in [7, 11) is 0. The second kappa shape index (κ2) is 6.03. The van der Waals surface area contributed by atoms with Crippen LogP contribution >= 0.6 is 15.9 Å². The molecule has 0 aliphatic heterocycles. The molecule has 1 unspecified atom stereocenters. The van der Waals surface area contributed by atoms with Crippen LogP contribution in [0, 0.1) is 12.8 Å². The SMILES string of the molecule is Cc1ncoc1C(=O)NC(CBr)CC(C)C. The van der Waals surface area contributed by atoms with E-state index in [-0.39, 0.29) is 11.9 Å². The van der Waals surface area contributed by atoms with Crippen molar-refractivity contribution in [1.29, 1.82) is 0 Å². The van der Waals surface area contributed by atoms with Gasteiger partial charge in [0, 0.05) is 11.4 Å². The fourth-order valence-corrected chi connectivity index (χ4v) is 1.93. The van der Waals surface area contributed by atoms with E-state index < -0.39 is 0 Å². The minimum atomic E-state index is -0.194. The Bertz CT molecular complexity index is 350. The van der Waals surface area contributed by atoms with Gasteiger partial charge in [0.1, 0.15) is 0 Å². The molecule has 1 atom stereocenters. The molecule has 16 heavy (non-hydrogen) atoms. The number of amides is 1. The molecule has 0 spiro atoms. The van der Waals surface area contributed by atoms with E-state index in [2.05, 4.69) is 40.1 Å². The smallest absolute Gasteiger partial charge is 0.289 e. The van der Waals surface area contributed by atoms with E-state index in [1.165, 1.54) is 6.39 Å². The maximum absolute atomic E-state index is 11.8. The van der Waals surface area contributed by atoms with Crippen LogP contribution < -0.4 is 5.32 Å². The molecular formula is C11H17BrN2O2. The Morgan fingerprint density at radius 1 is 1.62 bits per heavy atom. The molecule has 0 saturated carbocycles. The highest BCUT2D eigenvalue weighted by Crippen LogP contribution is 2.10. The van der Waals surface area contributed by atoms with Gasteiger partial charge in [-0.15, -0.1) is 0 Å². The van der Waals surface area contributed by atoms with Crippen LogP contribution in [-0.4, -0.2) is 22.3 Å². The van der Waals surface area contributed by atoms with Crippen LogP contribution in [-0.2, 0) is 0 Å². The largest absolute Gasteiger partial charge is 0.438 e. The highest BCUT2D eigenvalue weighted by atomic mass is 79.9. The van der Waals surface area contributed by atoms with Gasteiger partial charge in [-0.1, -0.05) is 29.8 Å². The molecular weight excluding hydrogens is 272 g/mol. The summed E-state index contributed by atoms with van der Waals surface area (Å²) in [5.74, 6) is 0.647. The molecule has 0 fully saturated rings. The van der Waals surface area contributed by atoms with Crippen molar-refractivity contribution in [2.75, 3.05) is 5.33 Å². The third-order valence-corrected chi connectivity index (χ3v) is 3.01. The topological polar surface area (TPSA) is 55.1 Å². The van der Waals surface area contributed by atoms with E-state index in [4.69, 9.17) is 4.42 Å². The minimum absolute atomic E-state index is 0.122.